The fourth-order valence-corrected chi connectivity index (χ4v) is 3.84. The fraction of sp³-hybridized carbons (Fsp3) is 0.368. The first-order chi connectivity index (χ1) is 12.8. The van der Waals surface area contributed by atoms with Crippen LogP contribution in [0.15, 0.2) is 30.6 Å². The number of alkyl halides is 3. The van der Waals surface area contributed by atoms with Gasteiger partial charge >= 0.3 is 6.18 Å². The number of halogens is 4. The van der Waals surface area contributed by atoms with Crippen LogP contribution in [0.3, 0.4) is 0 Å². The summed E-state index contributed by atoms with van der Waals surface area (Å²) in [4.78, 5) is 9.17. The number of likely N-dealkylation sites (N-methyl/N-ethyl adjacent to an activating group) is 1. The van der Waals surface area contributed by atoms with E-state index in [1.54, 1.807) is 0 Å². The lowest BCUT2D eigenvalue weighted by Gasteiger charge is -2.24. The van der Waals surface area contributed by atoms with Crippen LogP contribution in [0.1, 0.15) is 22.6 Å². The van der Waals surface area contributed by atoms with E-state index in [9.17, 15) is 13.2 Å². The maximum Gasteiger partial charge on any atom is 0.451 e. The van der Waals surface area contributed by atoms with E-state index in [2.05, 4.69) is 26.5 Å². The molecule has 0 aliphatic carbocycles. The molecular formula is C19H18ClF3N4. The van der Waals surface area contributed by atoms with Gasteiger partial charge in [-0.2, -0.15) is 13.2 Å². The number of aromatic nitrogens is 3. The maximum absolute atomic E-state index is 12.6. The highest BCUT2D eigenvalue weighted by Crippen LogP contribution is 2.32. The molecule has 8 heteroatoms. The first kappa shape index (κ1) is 18.3. The molecule has 142 valence electrons. The normalized spacial score (nSPS) is 15.3. The van der Waals surface area contributed by atoms with Gasteiger partial charge in [0.05, 0.1) is 0 Å². The van der Waals surface area contributed by atoms with Crippen LogP contribution in [-0.2, 0) is 32.1 Å². The van der Waals surface area contributed by atoms with Crippen molar-refractivity contribution in [3.63, 3.8) is 0 Å². The van der Waals surface area contributed by atoms with Crippen molar-refractivity contribution >= 4 is 22.5 Å². The first-order valence-corrected chi connectivity index (χ1v) is 9.07. The summed E-state index contributed by atoms with van der Waals surface area (Å²) in [6.07, 6.45) is -0.480. The number of fused-ring (bicyclic) bond motifs is 3. The zero-order chi connectivity index (χ0) is 19.2. The second kappa shape index (κ2) is 6.80. The van der Waals surface area contributed by atoms with Crippen molar-refractivity contribution in [2.24, 2.45) is 0 Å². The Morgan fingerprint density at radius 3 is 2.63 bits per heavy atom. The standard InChI is InChI=1S/C19H18ClF3N4/c1-26-6-5-14-15-8-13(20)2-3-16(15)27(17(14)11-26)7-4-12-9-24-18(25-10-12)19(21,22)23/h2-3,8-10H,4-7,11H2,1H3. The van der Waals surface area contributed by atoms with Crippen molar-refractivity contribution in [3.8, 4) is 0 Å². The van der Waals surface area contributed by atoms with Crippen LogP contribution in [-0.4, -0.2) is 33.0 Å². The molecule has 1 aliphatic rings. The van der Waals surface area contributed by atoms with Gasteiger partial charge in [-0.3, -0.25) is 0 Å². The van der Waals surface area contributed by atoms with E-state index in [0.29, 0.717) is 23.6 Å². The topological polar surface area (TPSA) is 34.0 Å². The number of aryl methyl sites for hydroxylation is 2. The summed E-state index contributed by atoms with van der Waals surface area (Å²) in [7, 11) is 2.08. The Hall–Kier alpha value is -2.12. The molecule has 0 amide bonds. The van der Waals surface area contributed by atoms with E-state index < -0.39 is 12.0 Å². The molecule has 27 heavy (non-hydrogen) atoms. The average Bonchev–Trinajstić information content (AvgIpc) is 2.91. The van der Waals surface area contributed by atoms with Crippen molar-refractivity contribution in [2.45, 2.75) is 32.1 Å². The maximum atomic E-state index is 12.6. The van der Waals surface area contributed by atoms with Crippen LogP contribution in [0.5, 0.6) is 0 Å². The molecule has 3 heterocycles. The van der Waals surface area contributed by atoms with Gasteiger partial charge < -0.3 is 9.47 Å². The molecule has 4 nitrogen and oxygen atoms in total. The number of hydrogen-bond acceptors (Lipinski definition) is 3. The minimum absolute atomic E-state index is 0.556. The van der Waals surface area contributed by atoms with E-state index in [4.69, 9.17) is 11.6 Å². The van der Waals surface area contributed by atoms with Gasteiger partial charge in [-0.1, -0.05) is 11.6 Å². The van der Waals surface area contributed by atoms with Gasteiger partial charge in [0.2, 0.25) is 5.82 Å². The highest BCUT2D eigenvalue weighted by molar-refractivity contribution is 6.31. The van der Waals surface area contributed by atoms with E-state index in [-0.39, 0.29) is 0 Å². The van der Waals surface area contributed by atoms with Gasteiger partial charge in [0, 0.05) is 53.6 Å². The number of hydrogen-bond donors (Lipinski definition) is 0. The van der Waals surface area contributed by atoms with Crippen molar-refractivity contribution < 1.29 is 13.2 Å². The Labute approximate surface area is 159 Å². The molecule has 1 aliphatic heterocycles. The van der Waals surface area contributed by atoms with Crippen molar-refractivity contribution in [2.75, 3.05) is 13.6 Å². The molecule has 0 fully saturated rings. The third-order valence-electron chi connectivity index (χ3n) is 4.99. The third kappa shape index (κ3) is 3.53. The minimum atomic E-state index is -4.52. The molecule has 0 unspecified atom stereocenters. The molecule has 0 atom stereocenters. The predicted octanol–water partition coefficient (Wildman–Crippen LogP) is 4.33. The number of benzene rings is 1. The molecule has 0 bridgehead atoms. The minimum Gasteiger partial charge on any atom is -0.343 e. The SMILES string of the molecule is CN1CCc2c(n(CCc3cnc(C(F)(F)F)nc3)c3ccc(Cl)cc23)C1. The lowest BCUT2D eigenvalue weighted by molar-refractivity contribution is -0.145. The third-order valence-corrected chi connectivity index (χ3v) is 5.23. The van der Waals surface area contributed by atoms with Crippen molar-refractivity contribution in [1.82, 2.24) is 19.4 Å². The number of nitrogens with zero attached hydrogens (tertiary/aromatic N) is 4. The molecule has 2 aromatic heterocycles. The molecule has 0 radical (unpaired) electrons. The largest absolute Gasteiger partial charge is 0.451 e. The van der Waals surface area contributed by atoms with Crippen LogP contribution in [0.2, 0.25) is 5.02 Å². The Morgan fingerprint density at radius 1 is 1.19 bits per heavy atom. The van der Waals surface area contributed by atoms with E-state index in [0.717, 1.165) is 30.4 Å². The quantitative estimate of drug-likeness (QED) is 0.663. The highest BCUT2D eigenvalue weighted by atomic mass is 35.5. The summed E-state index contributed by atoms with van der Waals surface area (Å²) in [6.45, 7) is 2.48. The molecule has 1 aromatic carbocycles. The van der Waals surface area contributed by atoms with Crippen LogP contribution in [0.4, 0.5) is 13.2 Å². The van der Waals surface area contributed by atoms with Crippen molar-refractivity contribution in [3.05, 3.63) is 58.3 Å². The van der Waals surface area contributed by atoms with Crippen LogP contribution in [0, 0.1) is 0 Å². The molecular weight excluding hydrogens is 377 g/mol. The van der Waals surface area contributed by atoms with Crippen molar-refractivity contribution in [1.29, 1.82) is 0 Å². The van der Waals surface area contributed by atoms with E-state index in [1.807, 2.05) is 18.2 Å². The summed E-state index contributed by atoms with van der Waals surface area (Å²) in [5.41, 5.74) is 4.34. The first-order valence-electron chi connectivity index (χ1n) is 8.69. The Bertz CT molecular complexity index is 979. The van der Waals surface area contributed by atoms with Crippen LogP contribution < -0.4 is 0 Å². The van der Waals surface area contributed by atoms with Gasteiger partial charge in [-0.15, -0.1) is 0 Å². The molecule has 0 saturated carbocycles. The monoisotopic (exact) mass is 394 g/mol. The zero-order valence-electron chi connectivity index (χ0n) is 14.7. The Balaban J connectivity index is 1.65. The summed E-state index contributed by atoms with van der Waals surface area (Å²) in [5.74, 6) is -1.11. The van der Waals surface area contributed by atoms with Gasteiger partial charge in [0.1, 0.15) is 0 Å². The van der Waals surface area contributed by atoms with Crippen LogP contribution in [0.25, 0.3) is 10.9 Å². The average molecular weight is 395 g/mol. The van der Waals surface area contributed by atoms with Gasteiger partial charge in [-0.05, 0) is 49.2 Å². The molecule has 0 saturated heterocycles. The van der Waals surface area contributed by atoms with Crippen LogP contribution >= 0.6 is 11.6 Å². The summed E-state index contributed by atoms with van der Waals surface area (Å²) < 4.78 is 40.1. The van der Waals surface area contributed by atoms with Gasteiger partial charge in [0.15, 0.2) is 0 Å². The second-order valence-electron chi connectivity index (χ2n) is 6.89. The Kier molecular flexibility index (Phi) is 4.60. The smallest absolute Gasteiger partial charge is 0.343 e. The molecule has 0 spiro atoms. The Morgan fingerprint density at radius 2 is 1.93 bits per heavy atom. The fourth-order valence-electron chi connectivity index (χ4n) is 3.67. The summed E-state index contributed by atoms with van der Waals surface area (Å²) in [6, 6.07) is 5.88. The van der Waals surface area contributed by atoms with E-state index >= 15 is 0 Å². The lowest BCUT2D eigenvalue weighted by Crippen LogP contribution is -2.28. The zero-order valence-corrected chi connectivity index (χ0v) is 15.5. The summed E-state index contributed by atoms with van der Waals surface area (Å²) in [5, 5.41) is 1.87. The molecule has 4 rings (SSSR count). The molecule has 0 N–H and O–H groups in total. The number of rotatable bonds is 3. The van der Waals surface area contributed by atoms with E-state index in [1.165, 1.54) is 23.7 Å². The van der Waals surface area contributed by atoms with Gasteiger partial charge in [0.25, 0.3) is 0 Å². The highest BCUT2D eigenvalue weighted by Gasteiger charge is 2.34. The van der Waals surface area contributed by atoms with Gasteiger partial charge in [-0.25, -0.2) is 9.97 Å². The summed E-state index contributed by atoms with van der Waals surface area (Å²) >= 11 is 6.20. The lowest BCUT2D eigenvalue weighted by atomic mass is 10.0. The predicted molar refractivity (Wildman–Crippen MR) is 97.7 cm³/mol. The molecule has 3 aromatic rings. The second-order valence-corrected chi connectivity index (χ2v) is 7.33.